The maximum absolute atomic E-state index is 13.0. The van der Waals surface area contributed by atoms with Crippen LogP contribution in [0.2, 0.25) is 0 Å². The molecule has 134 valence electrons. The van der Waals surface area contributed by atoms with Crippen LogP contribution in [0.3, 0.4) is 0 Å². The van der Waals surface area contributed by atoms with E-state index in [0.717, 1.165) is 18.7 Å². The van der Waals surface area contributed by atoms with Crippen LogP contribution in [0.15, 0.2) is 35.3 Å². The molecule has 0 aliphatic carbocycles. The van der Waals surface area contributed by atoms with E-state index in [0.29, 0.717) is 18.1 Å². The quantitative estimate of drug-likeness (QED) is 0.829. The molecular weight excluding hydrogens is 334 g/mol. The molecule has 2 aliphatic heterocycles. The lowest BCUT2D eigenvalue weighted by molar-refractivity contribution is 0.101. The van der Waals surface area contributed by atoms with Gasteiger partial charge in [-0.05, 0) is 30.7 Å². The lowest BCUT2D eigenvalue weighted by Gasteiger charge is -2.35. The molecule has 1 saturated heterocycles. The zero-order valence-corrected chi connectivity index (χ0v) is 14.6. The van der Waals surface area contributed by atoms with Gasteiger partial charge >= 0.3 is 6.03 Å². The second kappa shape index (κ2) is 5.98. The van der Waals surface area contributed by atoms with E-state index in [4.69, 9.17) is 0 Å². The number of nitrogens with zero attached hydrogens (tertiary/aromatic N) is 4. The summed E-state index contributed by atoms with van der Waals surface area (Å²) >= 11 is 0. The number of hydrogen-bond donors (Lipinski definition) is 1. The number of urea groups is 1. The number of aromatic nitrogens is 2. The highest BCUT2D eigenvalue weighted by molar-refractivity contribution is 6.05. The Bertz CT molecular complexity index is 968. The number of carbonyl (C=O) groups is 2. The summed E-state index contributed by atoms with van der Waals surface area (Å²) in [6.07, 6.45) is 2.44. The molecule has 8 heteroatoms. The molecule has 4 heterocycles. The number of Topliss-reactive ketones (excluding diaryl/α,β-unsaturated/α-hetero) is 1. The third-order valence-corrected chi connectivity index (χ3v) is 4.90. The van der Waals surface area contributed by atoms with Crippen molar-refractivity contribution >= 4 is 29.0 Å². The van der Waals surface area contributed by atoms with Crippen LogP contribution in [0.1, 0.15) is 23.8 Å². The first kappa shape index (κ1) is 16.3. The van der Waals surface area contributed by atoms with E-state index >= 15 is 0 Å². The fourth-order valence-electron chi connectivity index (χ4n) is 3.54. The van der Waals surface area contributed by atoms with E-state index in [1.165, 1.54) is 11.5 Å². The molecule has 8 nitrogen and oxygen atoms in total. The summed E-state index contributed by atoms with van der Waals surface area (Å²) in [5, 5.41) is 2.70. The minimum atomic E-state index is -0.408. The Hall–Kier alpha value is -3.16. The highest BCUT2D eigenvalue weighted by Gasteiger charge is 2.40. The number of hydrogen-bond acceptors (Lipinski definition) is 5. The predicted octanol–water partition coefficient (Wildman–Crippen LogP) is 1.61. The monoisotopic (exact) mass is 353 g/mol. The van der Waals surface area contributed by atoms with Crippen molar-refractivity contribution < 1.29 is 9.59 Å². The molecule has 2 amide bonds. The molecule has 1 atom stereocenters. The highest BCUT2D eigenvalue weighted by atomic mass is 16.2. The van der Waals surface area contributed by atoms with Crippen LogP contribution >= 0.6 is 0 Å². The fourth-order valence-corrected chi connectivity index (χ4v) is 3.54. The smallest absolute Gasteiger partial charge is 0.328 e. The van der Waals surface area contributed by atoms with E-state index in [2.05, 4.69) is 15.2 Å². The fraction of sp³-hybridized carbons (Fsp3) is 0.333. The first-order valence-electron chi connectivity index (χ1n) is 8.48. The van der Waals surface area contributed by atoms with Crippen LogP contribution in [-0.2, 0) is 7.05 Å². The van der Waals surface area contributed by atoms with Gasteiger partial charge in [0.15, 0.2) is 11.6 Å². The van der Waals surface area contributed by atoms with Crippen LogP contribution in [0.5, 0.6) is 0 Å². The van der Waals surface area contributed by atoms with E-state index in [1.54, 1.807) is 36.3 Å². The Morgan fingerprint density at radius 2 is 2.08 bits per heavy atom. The van der Waals surface area contributed by atoms with Crippen molar-refractivity contribution in [2.75, 3.05) is 28.2 Å². The van der Waals surface area contributed by atoms with Gasteiger partial charge in [0.25, 0.3) is 5.56 Å². The normalized spacial score (nSPS) is 17.8. The molecule has 0 saturated carbocycles. The molecule has 4 rings (SSSR count). The van der Waals surface area contributed by atoms with Gasteiger partial charge in [-0.25, -0.2) is 9.78 Å². The zero-order chi connectivity index (χ0) is 18.4. The Morgan fingerprint density at radius 3 is 2.85 bits per heavy atom. The van der Waals surface area contributed by atoms with Gasteiger partial charge in [-0.1, -0.05) is 0 Å². The molecule has 26 heavy (non-hydrogen) atoms. The number of rotatable bonds is 2. The van der Waals surface area contributed by atoms with E-state index in [-0.39, 0.29) is 23.1 Å². The maximum Gasteiger partial charge on any atom is 0.328 e. The van der Waals surface area contributed by atoms with Gasteiger partial charge in [-0.2, -0.15) is 0 Å². The standard InChI is InChI=1S/C18H19N5O3/c1-11(24)13-5-6-15-16(19-13)23(12-7-9-22(15)10-12)18(26)20-14-4-3-8-21(2)17(14)25/h3-6,8,12H,7,9-10H2,1-2H3,(H,20,26)/t12-/m0/s1. The molecule has 2 aromatic heterocycles. The van der Waals surface area contributed by atoms with Gasteiger partial charge in [0.1, 0.15) is 11.4 Å². The molecule has 0 aromatic carbocycles. The summed E-state index contributed by atoms with van der Waals surface area (Å²) in [6.45, 7) is 2.99. The summed E-state index contributed by atoms with van der Waals surface area (Å²) in [5.41, 5.74) is 1.08. The average molecular weight is 353 g/mol. The molecule has 0 unspecified atom stereocenters. The molecule has 2 aromatic rings. The molecule has 1 fully saturated rings. The minimum absolute atomic E-state index is 0.0372. The van der Waals surface area contributed by atoms with Crippen molar-refractivity contribution in [3.8, 4) is 0 Å². The maximum atomic E-state index is 13.0. The average Bonchev–Trinajstić information content (AvgIpc) is 3.03. The summed E-state index contributed by atoms with van der Waals surface area (Å²) in [6, 6.07) is 6.35. The topological polar surface area (TPSA) is 87.5 Å². The van der Waals surface area contributed by atoms with Crippen LogP contribution in [-0.4, -0.2) is 40.5 Å². The number of fused-ring (bicyclic) bond motifs is 4. The SMILES string of the molecule is CC(=O)c1ccc2c(n1)N(C(=O)Nc1cccn(C)c1=O)[C@H]1CCN2C1. The van der Waals surface area contributed by atoms with Crippen molar-refractivity contribution in [1.82, 2.24) is 9.55 Å². The molecule has 0 radical (unpaired) electrons. The summed E-state index contributed by atoms with van der Waals surface area (Å²) < 4.78 is 1.41. The summed E-state index contributed by atoms with van der Waals surface area (Å²) in [7, 11) is 1.63. The van der Waals surface area contributed by atoms with Crippen LogP contribution < -0.4 is 20.7 Å². The molecule has 2 bridgehead atoms. The zero-order valence-electron chi connectivity index (χ0n) is 14.6. The number of pyridine rings is 2. The van der Waals surface area contributed by atoms with Crippen molar-refractivity contribution in [2.45, 2.75) is 19.4 Å². The number of amides is 2. The third kappa shape index (κ3) is 2.54. The third-order valence-electron chi connectivity index (χ3n) is 4.90. The summed E-state index contributed by atoms with van der Waals surface area (Å²) in [5.74, 6) is 0.315. The van der Waals surface area contributed by atoms with Crippen molar-refractivity contribution in [3.63, 3.8) is 0 Å². The van der Waals surface area contributed by atoms with Crippen molar-refractivity contribution in [2.24, 2.45) is 7.05 Å². The van der Waals surface area contributed by atoms with Gasteiger partial charge in [-0.3, -0.25) is 14.5 Å². The van der Waals surface area contributed by atoms with Crippen molar-refractivity contribution in [3.05, 3.63) is 46.5 Å². The number of carbonyl (C=O) groups excluding carboxylic acids is 2. The Labute approximate surface area is 150 Å². The first-order chi connectivity index (χ1) is 12.5. The molecule has 1 N–H and O–H groups in total. The first-order valence-corrected chi connectivity index (χ1v) is 8.48. The number of anilines is 3. The van der Waals surface area contributed by atoms with Gasteiger partial charge in [0.2, 0.25) is 0 Å². The van der Waals surface area contributed by atoms with Crippen LogP contribution in [0, 0.1) is 0 Å². The van der Waals surface area contributed by atoms with Gasteiger partial charge in [0.05, 0.1) is 11.7 Å². The lowest BCUT2D eigenvalue weighted by Crippen LogP contribution is -2.49. The van der Waals surface area contributed by atoms with E-state index in [1.807, 2.05) is 6.07 Å². The van der Waals surface area contributed by atoms with Crippen LogP contribution in [0.25, 0.3) is 0 Å². The van der Waals surface area contributed by atoms with Crippen molar-refractivity contribution in [1.29, 1.82) is 0 Å². The Balaban J connectivity index is 1.73. The minimum Gasteiger partial charge on any atom is -0.366 e. The second-order valence-corrected chi connectivity index (χ2v) is 6.62. The highest BCUT2D eigenvalue weighted by Crippen LogP contribution is 2.39. The van der Waals surface area contributed by atoms with Crippen LogP contribution in [0.4, 0.5) is 22.0 Å². The summed E-state index contributed by atoms with van der Waals surface area (Å²) in [4.78, 5) is 45.1. The van der Waals surface area contributed by atoms with Gasteiger partial charge in [0, 0.05) is 33.3 Å². The van der Waals surface area contributed by atoms with Gasteiger partial charge in [-0.15, -0.1) is 0 Å². The molecule has 2 aliphatic rings. The number of nitrogens with one attached hydrogen (secondary N) is 1. The predicted molar refractivity (Wildman–Crippen MR) is 98.0 cm³/mol. The van der Waals surface area contributed by atoms with E-state index < -0.39 is 6.03 Å². The second-order valence-electron chi connectivity index (χ2n) is 6.62. The Kier molecular flexibility index (Phi) is 3.75. The number of ketones is 1. The largest absolute Gasteiger partial charge is 0.366 e. The molecular formula is C18H19N5O3. The Morgan fingerprint density at radius 1 is 1.27 bits per heavy atom. The van der Waals surface area contributed by atoms with E-state index in [9.17, 15) is 14.4 Å². The molecule has 0 spiro atoms. The van der Waals surface area contributed by atoms with Gasteiger partial charge < -0.3 is 14.8 Å². The lowest BCUT2D eigenvalue weighted by atomic mass is 10.1. The number of aryl methyl sites for hydroxylation is 1.